The predicted molar refractivity (Wildman–Crippen MR) is 88.7 cm³/mol. The van der Waals surface area contributed by atoms with E-state index in [-0.39, 0.29) is 23.7 Å². The number of carboxylic acids is 1. The van der Waals surface area contributed by atoms with Gasteiger partial charge in [0.25, 0.3) is 0 Å². The Morgan fingerprint density at radius 3 is 2.60 bits per heavy atom. The number of aromatic carboxylic acids is 1. The molecule has 0 atom stereocenters. The summed E-state index contributed by atoms with van der Waals surface area (Å²) in [7, 11) is 0. The second kappa shape index (κ2) is 6.91. The van der Waals surface area contributed by atoms with Gasteiger partial charge in [-0.1, -0.05) is 6.07 Å². The summed E-state index contributed by atoms with van der Waals surface area (Å²) in [5, 5.41) is 17.1. The Balaban J connectivity index is 2.00. The number of fused-ring (bicyclic) bond motifs is 1. The number of hydrogen-bond donors (Lipinski definition) is 1. The second-order valence-corrected chi connectivity index (χ2v) is 4.99. The molecule has 2 heterocycles. The van der Waals surface area contributed by atoms with Crippen LogP contribution in [0.1, 0.15) is 27.8 Å². The number of aromatic nitrogens is 2. The van der Waals surface area contributed by atoms with Crippen LogP contribution in [-0.2, 0) is 4.74 Å². The molecule has 0 saturated carbocycles. The Hall–Kier alpha value is -3.55. The molecule has 126 valence electrons. The smallest absolute Gasteiger partial charge is 0.360 e. The largest absolute Gasteiger partial charge is 0.478 e. The third kappa shape index (κ3) is 3.37. The summed E-state index contributed by atoms with van der Waals surface area (Å²) in [6.45, 7) is 1.93. The molecule has 0 aliphatic carbocycles. The van der Waals surface area contributed by atoms with Crippen molar-refractivity contribution in [2.45, 2.75) is 6.92 Å². The number of nitrogens with zero attached hydrogens (tertiary/aromatic N) is 4. The molecule has 0 aliphatic heterocycles. The molecule has 3 aromatic rings. The van der Waals surface area contributed by atoms with Crippen molar-refractivity contribution in [3.8, 4) is 0 Å². The third-order valence-corrected chi connectivity index (χ3v) is 3.35. The molecule has 1 aromatic carbocycles. The molecular weight excluding hydrogens is 324 g/mol. The van der Waals surface area contributed by atoms with Crippen LogP contribution in [0.25, 0.3) is 5.65 Å². The van der Waals surface area contributed by atoms with E-state index in [9.17, 15) is 9.59 Å². The first kappa shape index (κ1) is 16.3. The molecule has 0 radical (unpaired) electrons. The summed E-state index contributed by atoms with van der Waals surface area (Å²) in [5.74, 6) is -1.35. The van der Waals surface area contributed by atoms with Crippen LogP contribution in [0, 0.1) is 0 Å². The second-order valence-electron chi connectivity index (χ2n) is 4.99. The van der Waals surface area contributed by atoms with E-state index >= 15 is 0 Å². The van der Waals surface area contributed by atoms with E-state index in [1.165, 1.54) is 24.3 Å². The van der Waals surface area contributed by atoms with Gasteiger partial charge in [-0.3, -0.25) is 4.40 Å². The van der Waals surface area contributed by atoms with Crippen molar-refractivity contribution in [2.24, 2.45) is 10.2 Å². The van der Waals surface area contributed by atoms with Gasteiger partial charge in [-0.05, 0) is 43.3 Å². The number of azo groups is 1. The average molecular weight is 338 g/mol. The van der Waals surface area contributed by atoms with Gasteiger partial charge >= 0.3 is 11.9 Å². The molecule has 0 unspecified atom stereocenters. The summed E-state index contributed by atoms with van der Waals surface area (Å²) >= 11 is 0. The van der Waals surface area contributed by atoms with Crippen LogP contribution in [-0.4, -0.2) is 33.0 Å². The monoisotopic (exact) mass is 338 g/mol. The lowest BCUT2D eigenvalue weighted by molar-refractivity contribution is 0.0520. The number of benzene rings is 1. The zero-order valence-corrected chi connectivity index (χ0v) is 13.3. The summed E-state index contributed by atoms with van der Waals surface area (Å²) in [6.07, 6.45) is 1.72. The summed E-state index contributed by atoms with van der Waals surface area (Å²) in [5.41, 5.74) is 1.21. The molecule has 0 aliphatic rings. The van der Waals surface area contributed by atoms with E-state index in [0.29, 0.717) is 11.3 Å². The normalized spacial score (nSPS) is 11.1. The number of pyridine rings is 1. The van der Waals surface area contributed by atoms with E-state index in [1.54, 1.807) is 35.7 Å². The van der Waals surface area contributed by atoms with Crippen molar-refractivity contribution in [3.05, 3.63) is 59.9 Å². The number of esters is 1. The highest BCUT2D eigenvalue weighted by molar-refractivity contribution is 5.93. The fourth-order valence-corrected chi connectivity index (χ4v) is 2.19. The molecule has 0 fully saturated rings. The lowest BCUT2D eigenvalue weighted by atomic mass is 10.2. The number of carbonyl (C=O) groups is 2. The van der Waals surface area contributed by atoms with Crippen LogP contribution in [0.4, 0.5) is 11.5 Å². The van der Waals surface area contributed by atoms with Gasteiger partial charge < -0.3 is 9.84 Å². The fourth-order valence-electron chi connectivity index (χ4n) is 2.19. The highest BCUT2D eigenvalue weighted by atomic mass is 16.5. The zero-order valence-electron chi connectivity index (χ0n) is 13.3. The SMILES string of the molecule is CCOC(=O)c1nc2ccccn2c1N=Nc1ccc(C(=O)O)cc1. The van der Waals surface area contributed by atoms with Gasteiger partial charge in [-0.25, -0.2) is 14.6 Å². The summed E-state index contributed by atoms with van der Waals surface area (Å²) in [4.78, 5) is 27.2. The van der Waals surface area contributed by atoms with E-state index < -0.39 is 11.9 Å². The molecule has 1 N–H and O–H groups in total. The van der Waals surface area contributed by atoms with Crippen LogP contribution in [0.2, 0.25) is 0 Å². The Bertz CT molecular complexity index is 960. The van der Waals surface area contributed by atoms with Crippen LogP contribution >= 0.6 is 0 Å². The molecular formula is C17H14N4O4. The average Bonchev–Trinajstić information content (AvgIpc) is 2.99. The fraction of sp³-hybridized carbons (Fsp3) is 0.118. The molecule has 0 amide bonds. The Labute approximate surface area is 142 Å². The van der Waals surface area contributed by atoms with Crippen molar-refractivity contribution < 1.29 is 19.4 Å². The molecule has 0 bridgehead atoms. The quantitative estimate of drug-likeness (QED) is 0.565. The minimum absolute atomic E-state index is 0.0685. The van der Waals surface area contributed by atoms with E-state index in [4.69, 9.17) is 9.84 Å². The van der Waals surface area contributed by atoms with Crippen LogP contribution in [0.3, 0.4) is 0 Å². The topological polar surface area (TPSA) is 106 Å². The number of ether oxygens (including phenoxy) is 1. The molecule has 0 spiro atoms. The molecule has 25 heavy (non-hydrogen) atoms. The first-order chi connectivity index (χ1) is 12.1. The van der Waals surface area contributed by atoms with E-state index in [2.05, 4.69) is 15.2 Å². The van der Waals surface area contributed by atoms with Crippen LogP contribution in [0.5, 0.6) is 0 Å². The van der Waals surface area contributed by atoms with Gasteiger partial charge in [0.2, 0.25) is 0 Å². The molecule has 0 saturated heterocycles. The standard InChI is InChI=1S/C17H14N4O4/c1-2-25-17(24)14-15(21-10-4-3-5-13(21)18-14)20-19-12-8-6-11(7-9-12)16(22)23/h3-10H,2H2,1H3,(H,22,23). The zero-order chi connectivity index (χ0) is 17.8. The minimum Gasteiger partial charge on any atom is -0.478 e. The van der Waals surface area contributed by atoms with Gasteiger partial charge in [-0.15, -0.1) is 10.2 Å². The molecule has 2 aromatic heterocycles. The molecule has 8 nitrogen and oxygen atoms in total. The lowest BCUT2D eigenvalue weighted by Gasteiger charge is -1.99. The Morgan fingerprint density at radius 1 is 1.16 bits per heavy atom. The van der Waals surface area contributed by atoms with Gasteiger partial charge in [-0.2, -0.15) is 0 Å². The maximum Gasteiger partial charge on any atom is 0.360 e. The van der Waals surface area contributed by atoms with Crippen molar-refractivity contribution in [3.63, 3.8) is 0 Å². The number of rotatable bonds is 5. The van der Waals surface area contributed by atoms with Gasteiger partial charge in [0.05, 0.1) is 17.9 Å². The molecule has 8 heteroatoms. The summed E-state index contributed by atoms with van der Waals surface area (Å²) in [6, 6.07) is 11.2. The van der Waals surface area contributed by atoms with Crippen molar-refractivity contribution >= 4 is 29.1 Å². The first-order valence-electron chi connectivity index (χ1n) is 7.49. The highest BCUT2D eigenvalue weighted by Gasteiger charge is 2.20. The number of imidazole rings is 1. The minimum atomic E-state index is -1.02. The first-order valence-corrected chi connectivity index (χ1v) is 7.49. The van der Waals surface area contributed by atoms with E-state index in [0.717, 1.165) is 0 Å². The Morgan fingerprint density at radius 2 is 1.92 bits per heavy atom. The number of carbonyl (C=O) groups excluding carboxylic acids is 1. The number of hydrogen-bond acceptors (Lipinski definition) is 6. The van der Waals surface area contributed by atoms with Crippen molar-refractivity contribution in [1.82, 2.24) is 9.38 Å². The van der Waals surface area contributed by atoms with Crippen LogP contribution < -0.4 is 0 Å². The van der Waals surface area contributed by atoms with Crippen molar-refractivity contribution in [2.75, 3.05) is 6.61 Å². The van der Waals surface area contributed by atoms with Gasteiger partial charge in [0.15, 0.2) is 11.5 Å². The van der Waals surface area contributed by atoms with E-state index in [1.807, 2.05) is 0 Å². The predicted octanol–water partition coefficient (Wildman–Crippen LogP) is 3.62. The van der Waals surface area contributed by atoms with Crippen molar-refractivity contribution in [1.29, 1.82) is 0 Å². The Kier molecular flexibility index (Phi) is 4.51. The number of carboxylic acid groups (broad SMARTS) is 1. The van der Waals surface area contributed by atoms with Gasteiger partial charge in [0.1, 0.15) is 5.65 Å². The molecule has 3 rings (SSSR count). The maximum absolute atomic E-state index is 12.1. The third-order valence-electron chi connectivity index (χ3n) is 3.35. The van der Waals surface area contributed by atoms with Crippen LogP contribution in [0.15, 0.2) is 58.9 Å². The van der Waals surface area contributed by atoms with Gasteiger partial charge in [0, 0.05) is 6.20 Å². The highest BCUT2D eigenvalue weighted by Crippen LogP contribution is 2.25. The lowest BCUT2D eigenvalue weighted by Crippen LogP contribution is -2.05. The maximum atomic E-state index is 12.1. The summed E-state index contributed by atoms with van der Waals surface area (Å²) < 4.78 is 6.64.